The number of ether oxygens (including phenoxy) is 3. The third-order valence-corrected chi connectivity index (χ3v) is 5.97. The summed E-state index contributed by atoms with van der Waals surface area (Å²) in [6.45, 7) is 3.26. The Balaban J connectivity index is 1.38. The maximum atomic E-state index is 6.55. The molecule has 0 aromatic heterocycles. The van der Waals surface area contributed by atoms with Crippen LogP contribution in [-0.4, -0.2) is 46.2 Å². The molecule has 4 rings (SSSR count). The molecule has 4 heteroatoms. The van der Waals surface area contributed by atoms with Crippen molar-refractivity contribution in [2.75, 3.05) is 40.1 Å². The molecule has 0 aromatic rings. The van der Waals surface area contributed by atoms with Gasteiger partial charge in [0, 0.05) is 13.2 Å². The first kappa shape index (κ1) is 15.7. The zero-order valence-electron chi connectivity index (χ0n) is 13.4. The van der Waals surface area contributed by atoms with Gasteiger partial charge in [0.05, 0.1) is 33.0 Å². The predicted octanol–water partition coefficient (Wildman–Crippen LogP) is 2.21. The summed E-state index contributed by atoms with van der Waals surface area (Å²) in [5.74, 6) is 2.87. The molecule has 4 saturated carbocycles. The van der Waals surface area contributed by atoms with Gasteiger partial charge in [0.25, 0.3) is 0 Å². The summed E-state index contributed by atoms with van der Waals surface area (Å²) in [5, 5.41) is 0. The number of hydrogen-bond donors (Lipinski definition) is 1. The maximum Gasteiger partial charge on any atom is 0.0701 e. The number of methoxy groups -OCH3 is 1. The Hall–Kier alpha value is -0.160. The van der Waals surface area contributed by atoms with Crippen LogP contribution >= 0.6 is 0 Å². The lowest BCUT2D eigenvalue weighted by Gasteiger charge is -2.58. The van der Waals surface area contributed by atoms with E-state index in [0.29, 0.717) is 38.4 Å². The first-order valence-corrected chi connectivity index (χ1v) is 8.62. The van der Waals surface area contributed by atoms with Crippen LogP contribution in [0.4, 0.5) is 0 Å². The molecule has 4 fully saturated rings. The van der Waals surface area contributed by atoms with Gasteiger partial charge in [0.2, 0.25) is 0 Å². The SMILES string of the molecule is COCCOCCOCC(N)C12CC3CC(CC(C3)C1)C2. The highest BCUT2D eigenvalue weighted by Crippen LogP contribution is 2.60. The molecule has 122 valence electrons. The third-order valence-electron chi connectivity index (χ3n) is 5.97. The van der Waals surface area contributed by atoms with E-state index in [0.717, 1.165) is 17.8 Å². The van der Waals surface area contributed by atoms with Gasteiger partial charge in [-0.2, -0.15) is 0 Å². The Morgan fingerprint density at radius 3 is 2.00 bits per heavy atom. The van der Waals surface area contributed by atoms with Gasteiger partial charge in [-0.25, -0.2) is 0 Å². The quantitative estimate of drug-likeness (QED) is 0.663. The Morgan fingerprint density at radius 1 is 0.905 bits per heavy atom. The summed E-state index contributed by atoms with van der Waals surface area (Å²) < 4.78 is 16.1. The van der Waals surface area contributed by atoms with Crippen LogP contribution in [-0.2, 0) is 14.2 Å². The topological polar surface area (TPSA) is 53.7 Å². The van der Waals surface area contributed by atoms with Crippen molar-refractivity contribution in [1.29, 1.82) is 0 Å². The monoisotopic (exact) mass is 297 g/mol. The highest BCUT2D eigenvalue weighted by molar-refractivity contribution is 5.05. The van der Waals surface area contributed by atoms with Crippen molar-refractivity contribution in [3.8, 4) is 0 Å². The van der Waals surface area contributed by atoms with Crippen molar-refractivity contribution >= 4 is 0 Å². The maximum absolute atomic E-state index is 6.55. The minimum Gasteiger partial charge on any atom is -0.382 e. The van der Waals surface area contributed by atoms with E-state index < -0.39 is 0 Å². The first-order chi connectivity index (χ1) is 10.2. The molecule has 4 bridgehead atoms. The summed E-state index contributed by atoms with van der Waals surface area (Å²) in [7, 11) is 1.68. The summed E-state index contributed by atoms with van der Waals surface area (Å²) in [4.78, 5) is 0. The Labute approximate surface area is 128 Å². The molecular formula is C17H31NO3. The second kappa shape index (κ2) is 6.95. The molecule has 4 nitrogen and oxygen atoms in total. The Morgan fingerprint density at radius 2 is 1.43 bits per heavy atom. The van der Waals surface area contributed by atoms with Crippen molar-refractivity contribution in [3.63, 3.8) is 0 Å². The molecule has 1 unspecified atom stereocenters. The molecular weight excluding hydrogens is 266 g/mol. The molecule has 2 N–H and O–H groups in total. The summed E-state index contributed by atoms with van der Waals surface area (Å²) in [6.07, 6.45) is 8.48. The smallest absolute Gasteiger partial charge is 0.0701 e. The van der Waals surface area contributed by atoms with E-state index in [1.807, 2.05) is 0 Å². The summed E-state index contributed by atoms with van der Waals surface area (Å²) in [5.41, 5.74) is 6.94. The van der Waals surface area contributed by atoms with Gasteiger partial charge in [-0.05, 0) is 61.7 Å². The average Bonchev–Trinajstić information content (AvgIpc) is 2.44. The second-order valence-corrected chi connectivity index (χ2v) is 7.57. The fraction of sp³-hybridized carbons (Fsp3) is 1.00. The molecule has 0 amide bonds. The molecule has 4 aliphatic carbocycles. The van der Waals surface area contributed by atoms with Gasteiger partial charge < -0.3 is 19.9 Å². The Bertz CT molecular complexity index is 299. The van der Waals surface area contributed by atoms with Crippen LogP contribution < -0.4 is 5.73 Å². The van der Waals surface area contributed by atoms with Crippen LogP contribution in [0.15, 0.2) is 0 Å². The molecule has 0 aromatic carbocycles. The minimum atomic E-state index is 0.213. The summed E-state index contributed by atoms with van der Waals surface area (Å²) in [6, 6.07) is 0.213. The molecule has 0 heterocycles. The molecule has 1 atom stereocenters. The van der Waals surface area contributed by atoms with Gasteiger partial charge in [-0.3, -0.25) is 0 Å². The van der Waals surface area contributed by atoms with Crippen molar-refractivity contribution in [2.24, 2.45) is 28.9 Å². The first-order valence-electron chi connectivity index (χ1n) is 8.62. The van der Waals surface area contributed by atoms with E-state index in [1.54, 1.807) is 7.11 Å². The van der Waals surface area contributed by atoms with E-state index in [-0.39, 0.29) is 6.04 Å². The van der Waals surface area contributed by atoms with E-state index in [1.165, 1.54) is 38.5 Å². The molecule has 0 spiro atoms. The van der Waals surface area contributed by atoms with Gasteiger partial charge >= 0.3 is 0 Å². The van der Waals surface area contributed by atoms with Crippen LogP contribution in [0.2, 0.25) is 0 Å². The van der Waals surface area contributed by atoms with Gasteiger partial charge in [-0.15, -0.1) is 0 Å². The van der Waals surface area contributed by atoms with Crippen molar-refractivity contribution < 1.29 is 14.2 Å². The van der Waals surface area contributed by atoms with Gasteiger partial charge in [-0.1, -0.05) is 0 Å². The van der Waals surface area contributed by atoms with Gasteiger partial charge in [0.1, 0.15) is 0 Å². The zero-order chi connectivity index (χ0) is 14.7. The van der Waals surface area contributed by atoms with Crippen LogP contribution in [0, 0.1) is 23.2 Å². The van der Waals surface area contributed by atoms with E-state index in [2.05, 4.69) is 0 Å². The molecule has 0 saturated heterocycles. The van der Waals surface area contributed by atoms with E-state index in [9.17, 15) is 0 Å². The molecule has 4 aliphatic rings. The lowest BCUT2D eigenvalue weighted by molar-refractivity contribution is -0.0833. The predicted molar refractivity (Wildman–Crippen MR) is 82.1 cm³/mol. The van der Waals surface area contributed by atoms with Crippen LogP contribution in [0.25, 0.3) is 0 Å². The normalized spacial score (nSPS) is 38.9. The largest absolute Gasteiger partial charge is 0.382 e. The third kappa shape index (κ3) is 3.61. The second-order valence-electron chi connectivity index (χ2n) is 7.57. The van der Waals surface area contributed by atoms with E-state index >= 15 is 0 Å². The molecule has 0 aliphatic heterocycles. The molecule has 21 heavy (non-hydrogen) atoms. The number of hydrogen-bond acceptors (Lipinski definition) is 4. The average molecular weight is 297 g/mol. The highest BCUT2D eigenvalue weighted by atomic mass is 16.5. The van der Waals surface area contributed by atoms with Crippen LogP contribution in [0.5, 0.6) is 0 Å². The lowest BCUT2D eigenvalue weighted by Crippen LogP contribution is -2.56. The van der Waals surface area contributed by atoms with Crippen molar-refractivity contribution in [2.45, 2.75) is 44.6 Å². The number of rotatable bonds is 9. The minimum absolute atomic E-state index is 0.213. The number of nitrogens with two attached hydrogens (primary N) is 1. The van der Waals surface area contributed by atoms with Crippen molar-refractivity contribution in [1.82, 2.24) is 0 Å². The van der Waals surface area contributed by atoms with E-state index in [4.69, 9.17) is 19.9 Å². The van der Waals surface area contributed by atoms with Crippen molar-refractivity contribution in [3.05, 3.63) is 0 Å². The highest BCUT2D eigenvalue weighted by Gasteiger charge is 2.53. The lowest BCUT2D eigenvalue weighted by atomic mass is 9.48. The fourth-order valence-electron chi connectivity index (χ4n) is 5.38. The van der Waals surface area contributed by atoms with Gasteiger partial charge in [0.15, 0.2) is 0 Å². The molecule has 0 radical (unpaired) electrons. The summed E-state index contributed by atoms with van der Waals surface area (Å²) >= 11 is 0. The fourth-order valence-corrected chi connectivity index (χ4v) is 5.38. The standard InChI is InChI=1S/C17H31NO3/c1-19-2-3-20-4-5-21-12-16(18)17-9-13-6-14(10-17)8-15(7-13)11-17/h13-16H,2-12,18H2,1H3. The van der Waals surface area contributed by atoms with Crippen LogP contribution in [0.3, 0.4) is 0 Å². The Kier molecular flexibility index (Phi) is 5.20. The zero-order valence-corrected chi connectivity index (χ0v) is 13.4. The van der Waals surface area contributed by atoms with Crippen LogP contribution in [0.1, 0.15) is 38.5 Å².